The van der Waals surface area contributed by atoms with E-state index in [1.807, 2.05) is 0 Å². The van der Waals surface area contributed by atoms with Crippen LogP contribution in [-0.4, -0.2) is 46.3 Å². The normalized spacial score (nSPS) is 19.2. The van der Waals surface area contributed by atoms with Crippen molar-refractivity contribution in [2.45, 2.75) is 58.6 Å². The molecule has 2 unspecified atom stereocenters. The fraction of sp³-hybridized carbons (Fsp3) is 0.750. The van der Waals surface area contributed by atoms with Crippen molar-refractivity contribution >= 4 is 34.3 Å². The molecule has 0 aromatic carbocycles. The number of thioether (sulfide) groups is 1. The summed E-state index contributed by atoms with van der Waals surface area (Å²) in [6.07, 6.45) is 9.71. The second kappa shape index (κ2) is 8.91. The van der Waals surface area contributed by atoms with E-state index in [2.05, 4.69) is 32.9 Å². The number of ether oxygens (including phenoxy) is 1. The van der Waals surface area contributed by atoms with Gasteiger partial charge >= 0.3 is 5.30 Å². The van der Waals surface area contributed by atoms with Crippen LogP contribution in [-0.2, 0) is 4.74 Å². The zero-order valence-electron chi connectivity index (χ0n) is 13.6. The molecule has 21 heavy (non-hydrogen) atoms. The van der Waals surface area contributed by atoms with Crippen molar-refractivity contribution in [2.24, 2.45) is 0 Å². The molecular formula is C16H28NO2S2+. The van der Waals surface area contributed by atoms with Crippen LogP contribution in [0.15, 0.2) is 12.2 Å². The first-order valence-corrected chi connectivity index (χ1v) is 9.50. The fourth-order valence-corrected chi connectivity index (χ4v) is 3.38. The fourth-order valence-electron chi connectivity index (χ4n) is 2.85. The number of hydrogen-bond donors (Lipinski definition) is 0. The summed E-state index contributed by atoms with van der Waals surface area (Å²) in [6.45, 7) is 8.57. The SMILES string of the molecule is CCC=CC(OC(=O)SC)C(CCC)[N+]1(C(=S)CC)CC1. The number of thiocarbonyl (C=S) groups is 1. The minimum absolute atomic E-state index is 0.170. The summed E-state index contributed by atoms with van der Waals surface area (Å²) in [5, 5.41) is -0.204. The maximum Gasteiger partial charge on any atom is 0.367 e. The largest absolute Gasteiger partial charge is 0.444 e. The summed E-state index contributed by atoms with van der Waals surface area (Å²) in [4.78, 5) is 12.8. The maximum absolute atomic E-state index is 11.7. The number of quaternary nitrogens is 1. The van der Waals surface area contributed by atoms with Gasteiger partial charge < -0.3 is 4.74 Å². The molecule has 5 heteroatoms. The van der Waals surface area contributed by atoms with Crippen molar-refractivity contribution in [3.63, 3.8) is 0 Å². The first-order valence-electron chi connectivity index (χ1n) is 7.87. The van der Waals surface area contributed by atoms with E-state index in [0.717, 1.165) is 60.0 Å². The Morgan fingerprint density at radius 3 is 2.48 bits per heavy atom. The van der Waals surface area contributed by atoms with Gasteiger partial charge in [-0.3, -0.25) is 4.48 Å². The van der Waals surface area contributed by atoms with Crippen LogP contribution in [0, 0.1) is 0 Å². The molecule has 0 saturated carbocycles. The van der Waals surface area contributed by atoms with Gasteiger partial charge in [-0.15, -0.1) is 0 Å². The Labute approximate surface area is 138 Å². The molecule has 120 valence electrons. The number of allylic oxidation sites excluding steroid dienone is 1. The predicted octanol–water partition coefficient (Wildman–Crippen LogP) is 4.56. The highest BCUT2D eigenvalue weighted by atomic mass is 32.2. The maximum atomic E-state index is 11.7. The predicted molar refractivity (Wildman–Crippen MR) is 94.8 cm³/mol. The molecule has 0 aromatic heterocycles. The topological polar surface area (TPSA) is 26.3 Å². The van der Waals surface area contributed by atoms with Crippen LogP contribution in [0.4, 0.5) is 4.79 Å². The van der Waals surface area contributed by atoms with E-state index in [4.69, 9.17) is 17.0 Å². The smallest absolute Gasteiger partial charge is 0.367 e. The summed E-state index contributed by atoms with van der Waals surface area (Å²) >= 11 is 6.75. The second-order valence-corrected chi connectivity index (χ2v) is 6.67. The first-order chi connectivity index (χ1) is 10.1. The van der Waals surface area contributed by atoms with Gasteiger partial charge in [-0.2, -0.15) is 0 Å². The lowest BCUT2D eigenvalue weighted by molar-refractivity contribution is -0.736. The molecule has 0 amide bonds. The average Bonchev–Trinajstić information content (AvgIpc) is 3.29. The zero-order chi connectivity index (χ0) is 15.9. The van der Waals surface area contributed by atoms with Crippen LogP contribution in [0.25, 0.3) is 0 Å². The van der Waals surface area contributed by atoms with Crippen LogP contribution in [0.5, 0.6) is 0 Å². The van der Waals surface area contributed by atoms with E-state index in [1.165, 1.54) is 0 Å². The van der Waals surface area contributed by atoms with Gasteiger partial charge in [-0.05, 0) is 42.7 Å². The van der Waals surface area contributed by atoms with Crippen LogP contribution in [0.3, 0.4) is 0 Å². The van der Waals surface area contributed by atoms with E-state index < -0.39 is 0 Å². The van der Waals surface area contributed by atoms with Gasteiger partial charge in [-0.1, -0.05) is 33.3 Å². The molecule has 0 N–H and O–H groups in total. The van der Waals surface area contributed by atoms with Crippen LogP contribution < -0.4 is 0 Å². The second-order valence-electron chi connectivity index (χ2n) is 5.46. The highest BCUT2D eigenvalue weighted by molar-refractivity contribution is 8.12. The Kier molecular flexibility index (Phi) is 7.92. The summed E-state index contributed by atoms with van der Waals surface area (Å²) in [5.74, 6) is 0. The minimum atomic E-state index is -0.204. The van der Waals surface area contributed by atoms with Crippen molar-refractivity contribution in [2.75, 3.05) is 19.3 Å². The quantitative estimate of drug-likeness (QED) is 0.214. The number of nitrogens with zero attached hydrogens (tertiary/aromatic N) is 1. The number of carbonyl (C=O) groups is 1. The standard InChI is InChI=1S/C16H28NO2S2/c1-5-8-10-14(19-16(18)21-4)13(9-6-2)17(11-12-17)15(20)7-3/h8,10,13-14H,5-7,9,11-12H2,1-4H3/q+1. The first kappa shape index (κ1) is 18.7. The Bertz CT molecular complexity index is 392. The molecule has 0 aromatic rings. The van der Waals surface area contributed by atoms with Crippen LogP contribution >= 0.6 is 24.0 Å². The van der Waals surface area contributed by atoms with Crippen LogP contribution in [0.1, 0.15) is 46.5 Å². The molecule has 0 radical (unpaired) electrons. The summed E-state index contributed by atoms with van der Waals surface area (Å²) in [6, 6.07) is 0.265. The van der Waals surface area contributed by atoms with Gasteiger partial charge in [0.25, 0.3) is 0 Å². The molecule has 1 fully saturated rings. The van der Waals surface area contributed by atoms with Gasteiger partial charge in [0.05, 0.1) is 0 Å². The molecule has 1 rings (SSSR count). The molecule has 1 aliphatic heterocycles. The van der Waals surface area contributed by atoms with Crippen molar-refractivity contribution in [3.05, 3.63) is 12.2 Å². The van der Waals surface area contributed by atoms with Crippen molar-refractivity contribution in [1.29, 1.82) is 0 Å². The lowest BCUT2D eigenvalue weighted by Gasteiger charge is -2.32. The van der Waals surface area contributed by atoms with Crippen LogP contribution in [0.2, 0.25) is 0 Å². The van der Waals surface area contributed by atoms with Crippen molar-refractivity contribution < 1.29 is 14.0 Å². The molecule has 0 bridgehead atoms. The van der Waals surface area contributed by atoms with E-state index in [1.54, 1.807) is 6.26 Å². The third-order valence-corrected chi connectivity index (χ3v) is 5.15. The lowest BCUT2D eigenvalue weighted by Crippen LogP contribution is -2.49. The third-order valence-electron chi connectivity index (χ3n) is 4.06. The van der Waals surface area contributed by atoms with E-state index in [9.17, 15) is 4.79 Å². The van der Waals surface area contributed by atoms with Crippen molar-refractivity contribution in [1.82, 2.24) is 0 Å². The molecule has 3 nitrogen and oxygen atoms in total. The van der Waals surface area contributed by atoms with Gasteiger partial charge in [0, 0.05) is 12.8 Å². The molecule has 1 saturated heterocycles. The highest BCUT2D eigenvalue weighted by Crippen LogP contribution is 2.35. The van der Waals surface area contributed by atoms with Gasteiger partial charge in [0.15, 0.2) is 11.1 Å². The molecule has 0 spiro atoms. The molecule has 0 aliphatic carbocycles. The Hall–Kier alpha value is -0.390. The van der Waals surface area contributed by atoms with Gasteiger partial charge in [-0.25, -0.2) is 4.79 Å². The highest BCUT2D eigenvalue weighted by Gasteiger charge is 2.55. The molecule has 1 heterocycles. The monoisotopic (exact) mass is 330 g/mol. The van der Waals surface area contributed by atoms with E-state index in [0.29, 0.717) is 0 Å². The summed E-state index contributed by atoms with van der Waals surface area (Å²) in [5.41, 5.74) is 0. The minimum Gasteiger partial charge on any atom is -0.444 e. The average molecular weight is 331 g/mol. The number of carbonyl (C=O) groups excluding carboxylic acids is 1. The summed E-state index contributed by atoms with van der Waals surface area (Å²) in [7, 11) is 0. The Morgan fingerprint density at radius 2 is 2.05 bits per heavy atom. The van der Waals surface area contributed by atoms with Gasteiger partial charge in [0.2, 0.25) is 0 Å². The molecule has 1 aliphatic rings. The molecular weight excluding hydrogens is 302 g/mol. The molecule has 2 atom stereocenters. The number of rotatable bonds is 8. The Morgan fingerprint density at radius 1 is 1.38 bits per heavy atom. The number of hydrogen-bond acceptors (Lipinski definition) is 4. The van der Waals surface area contributed by atoms with Gasteiger partial charge in [0.1, 0.15) is 19.1 Å². The lowest BCUT2D eigenvalue weighted by atomic mass is 10.0. The third kappa shape index (κ3) is 4.80. The van der Waals surface area contributed by atoms with Crippen molar-refractivity contribution in [3.8, 4) is 0 Å². The summed E-state index contributed by atoms with van der Waals surface area (Å²) < 4.78 is 6.56. The zero-order valence-corrected chi connectivity index (χ0v) is 15.3. The van der Waals surface area contributed by atoms with E-state index >= 15 is 0 Å². The van der Waals surface area contributed by atoms with E-state index in [-0.39, 0.29) is 17.4 Å². The Balaban J connectivity index is 2.99.